The van der Waals surface area contributed by atoms with Crippen LogP contribution in [0, 0.1) is 0 Å². The molecule has 2 atom stereocenters. The van der Waals surface area contributed by atoms with Gasteiger partial charge >= 0.3 is 5.97 Å². The molecular formula is C56H111NO5. The lowest BCUT2D eigenvalue weighted by Gasteiger charge is -2.22. The SMILES string of the molecule is CCCCCCCCCCCCCCCCCCCCCC(=O)OCCCCCCCCCCCCCCCC(=O)NC(CO)C(O)CCCCCCCCCCCCCCC. The Morgan fingerprint density at radius 3 is 0.984 bits per heavy atom. The number of unbranched alkanes of at least 4 members (excludes halogenated alkanes) is 42. The van der Waals surface area contributed by atoms with Crippen molar-refractivity contribution in [1.82, 2.24) is 5.32 Å². The Bertz CT molecular complexity index is 882. The summed E-state index contributed by atoms with van der Waals surface area (Å²) in [5.41, 5.74) is 0. The van der Waals surface area contributed by atoms with Gasteiger partial charge in [0, 0.05) is 12.8 Å². The summed E-state index contributed by atoms with van der Waals surface area (Å²) in [4.78, 5) is 24.5. The predicted octanol–water partition coefficient (Wildman–Crippen LogP) is 17.1. The van der Waals surface area contributed by atoms with E-state index < -0.39 is 12.1 Å². The van der Waals surface area contributed by atoms with Gasteiger partial charge in [-0.25, -0.2) is 0 Å². The summed E-state index contributed by atoms with van der Waals surface area (Å²) in [5.74, 6) is -0.0456. The van der Waals surface area contributed by atoms with Crippen LogP contribution >= 0.6 is 0 Å². The first-order valence-corrected chi connectivity index (χ1v) is 28.3. The zero-order valence-corrected chi connectivity index (χ0v) is 42.1. The van der Waals surface area contributed by atoms with Crippen LogP contribution in [0.15, 0.2) is 0 Å². The van der Waals surface area contributed by atoms with E-state index >= 15 is 0 Å². The topological polar surface area (TPSA) is 95.9 Å². The molecule has 0 aromatic heterocycles. The Balaban J connectivity index is 3.39. The molecule has 0 radical (unpaired) electrons. The van der Waals surface area contributed by atoms with Gasteiger partial charge in [-0.15, -0.1) is 0 Å². The Labute approximate surface area is 387 Å². The molecule has 0 aliphatic rings. The number of hydrogen-bond acceptors (Lipinski definition) is 5. The minimum atomic E-state index is -0.670. The van der Waals surface area contributed by atoms with Crippen LogP contribution in [0.3, 0.4) is 0 Å². The number of nitrogens with one attached hydrogen (secondary N) is 1. The van der Waals surface area contributed by atoms with Gasteiger partial charge in [0.2, 0.25) is 5.91 Å². The number of aliphatic hydroxyl groups is 2. The first-order chi connectivity index (χ1) is 30.5. The van der Waals surface area contributed by atoms with Gasteiger partial charge in [-0.1, -0.05) is 284 Å². The van der Waals surface area contributed by atoms with Gasteiger partial charge in [-0.2, -0.15) is 0 Å². The molecule has 0 aliphatic carbocycles. The highest BCUT2D eigenvalue weighted by molar-refractivity contribution is 5.76. The van der Waals surface area contributed by atoms with E-state index in [4.69, 9.17) is 4.74 Å². The molecule has 3 N–H and O–H groups in total. The third-order valence-corrected chi connectivity index (χ3v) is 13.4. The molecule has 2 unspecified atom stereocenters. The molecular weight excluding hydrogens is 767 g/mol. The largest absolute Gasteiger partial charge is 0.466 e. The summed E-state index contributed by atoms with van der Waals surface area (Å²) in [5, 5.41) is 23.2. The Morgan fingerprint density at radius 1 is 0.387 bits per heavy atom. The third kappa shape index (κ3) is 48.3. The summed E-state index contributed by atoms with van der Waals surface area (Å²) in [6.45, 7) is 4.95. The fourth-order valence-electron chi connectivity index (χ4n) is 9.05. The average molecular weight is 879 g/mol. The van der Waals surface area contributed by atoms with Crippen molar-refractivity contribution in [3.63, 3.8) is 0 Å². The molecule has 0 heterocycles. The summed E-state index contributed by atoms with van der Waals surface area (Å²) in [6, 6.07) is -0.549. The number of rotatable bonds is 53. The van der Waals surface area contributed by atoms with E-state index in [0.29, 0.717) is 25.9 Å². The van der Waals surface area contributed by atoms with Crippen LogP contribution in [-0.4, -0.2) is 47.4 Å². The first-order valence-electron chi connectivity index (χ1n) is 28.3. The van der Waals surface area contributed by atoms with Crippen LogP contribution in [0.4, 0.5) is 0 Å². The molecule has 6 nitrogen and oxygen atoms in total. The predicted molar refractivity (Wildman–Crippen MR) is 269 cm³/mol. The van der Waals surface area contributed by atoms with Crippen molar-refractivity contribution in [1.29, 1.82) is 0 Å². The third-order valence-electron chi connectivity index (χ3n) is 13.4. The number of amides is 1. The molecule has 0 aromatic carbocycles. The molecule has 0 bridgehead atoms. The zero-order chi connectivity index (χ0) is 45.1. The summed E-state index contributed by atoms with van der Waals surface area (Å²) < 4.78 is 5.49. The molecule has 0 aliphatic heterocycles. The van der Waals surface area contributed by atoms with Crippen molar-refractivity contribution in [3.05, 3.63) is 0 Å². The highest BCUT2D eigenvalue weighted by atomic mass is 16.5. The number of carbonyl (C=O) groups is 2. The van der Waals surface area contributed by atoms with Gasteiger partial charge in [-0.05, 0) is 25.7 Å². The van der Waals surface area contributed by atoms with Crippen molar-refractivity contribution in [2.45, 2.75) is 334 Å². The number of ether oxygens (including phenoxy) is 1. The standard InChI is InChI=1S/C56H111NO5/c1-3-5-7-9-11-13-15-17-18-19-20-21-22-26-30-34-38-42-46-50-56(61)62-51-47-43-39-35-31-27-23-25-29-33-37-41-45-49-55(60)57-53(52-58)54(59)48-44-40-36-32-28-24-16-14-12-10-8-6-4-2/h53-54,58-59H,3-52H2,1-2H3,(H,57,60). The van der Waals surface area contributed by atoms with Crippen molar-refractivity contribution in [2.75, 3.05) is 13.2 Å². The van der Waals surface area contributed by atoms with E-state index in [1.165, 1.54) is 238 Å². The number of esters is 1. The van der Waals surface area contributed by atoms with Gasteiger partial charge in [0.1, 0.15) is 0 Å². The van der Waals surface area contributed by atoms with E-state index in [0.717, 1.165) is 51.4 Å². The lowest BCUT2D eigenvalue weighted by molar-refractivity contribution is -0.143. The van der Waals surface area contributed by atoms with E-state index in [1.54, 1.807) is 0 Å². The van der Waals surface area contributed by atoms with Gasteiger partial charge in [0.15, 0.2) is 0 Å². The number of carbonyl (C=O) groups excluding carboxylic acids is 2. The second-order valence-corrected chi connectivity index (χ2v) is 19.6. The second kappa shape index (κ2) is 52.5. The molecule has 0 rings (SSSR count). The number of aliphatic hydroxyl groups excluding tert-OH is 2. The Hall–Kier alpha value is -1.14. The van der Waals surface area contributed by atoms with E-state index in [1.807, 2.05) is 0 Å². The van der Waals surface area contributed by atoms with Crippen LogP contribution in [0.5, 0.6) is 0 Å². The fraction of sp³-hybridized carbons (Fsp3) is 0.964. The van der Waals surface area contributed by atoms with Crippen molar-refractivity contribution < 1.29 is 24.5 Å². The highest BCUT2D eigenvalue weighted by Crippen LogP contribution is 2.18. The highest BCUT2D eigenvalue weighted by Gasteiger charge is 2.20. The van der Waals surface area contributed by atoms with Crippen molar-refractivity contribution in [2.24, 2.45) is 0 Å². The lowest BCUT2D eigenvalue weighted by atomic mass is 10.0. The molecule has 370 valence electrons. The smallest absolute Gasteiger partial charge is 0.305 e. The van der Waals surface area contributed by atoms with Gasteiger partial charge in [0.05, 0.1) is 25.4 Å². The number of hydrogen-bond donors (Lipinski definition) is 3. The maximum Gasteiger partial charge on any atom is 0.305 e. The minimum Gasteiger partial charge on any atom is -0.466 e. The first kappa shape index (κ1) is 60.9. The summed E-state index contributed by atoms with van der Waals surface area (Å²) in [6.07, 6.45) is 59.4. The average Bonchev–Trinajstić information content (AvgIpc) is 3.27. The Morgan fingerprint density at radius 2 is 0.661 bits per heavy atom. The summed E-state index contributed by atoms with van der Waals surface area (Å²) >= 11 is 0. The molecule has 0 aromatic rings. The molecule has 1 amide bonds. The van der Waals surface area contributed by atoms with Crippen LogP contribution in [0.25, 0.3) is 0 Å². The van der Waals surface area contributed by atoms with Crippen molar-refractivity contribution in [3.8, 4) is 0 Å². The molecule has 0 fully saturated rings. The molecule has 0 saturated heterocycles. The monoisotopic (exact) mass is 878 g/mol. The van der Waals surface area contributed by atoms with Crippen LogP contribution in [0.1, 0.15) is 322 Å². The van der Waals surface area contributed by atoms with Crippen molar-refractivity contribution >= 4 is 11.9 Å². The normalized spacial score (nSPS) is 12.5. The van der Waals surface area contributed by atoms with Crippen LogP contribution in [-0.2, 0) is 14.3 Å². The van der Waals surface area contributed by atoms with Gasteiger partial charge < -0.3 is 20.3 Å². The Kier molecular flexibility index (Phi) is 51.5. The fourth-order valence-corrected chi connectivity index (χ4v) is 9.05. The van der Waals surface area contributed by atoms with E-state index in [9.17, 15) is 19.8 Å². The molecule has 62 heavy (non-hydrogen) atoms. The van der Waals surface area contributed by atoms with Gasteiger partial charge in [0.25, 0.3) is 0 Å². The molecule has 0 spiro atoms. The van der Waals surface area contributed by atoms with Gasteiger partial charge in [-0.3, -0.25) is 9.59 Å². The maximum atomic E-state index is 12.4. The van der Waals surface area contributed by atoms with E-state index in [2.05, 4.69) is 19.2 Å². The summed E-state index contributed by atoms with van der Waals surface area (Å²) in [7, 11) is 0. The second-order valence-electron chi connectivity index (χ2n) is 19.6. The molecule has 6 heteroatoms. The van der Waals surface area contributed by atoms with E-state index in [-0.39, 0.29) is 18.5 Å². The molecule has 0 saturated carbocycles. The maximum absolute atomic E-state index is 12.4. The van der Waals surface area contributed by atoms with Crippen LogP contribution < -0.4 is 5.32 Å². The quantitative estimate of drug-likeness (QED) is 0.0418. The lowest BCUT2D eigenvalue weighted by Crippen LogP contribution is -2.45. The minimum absolute atomic E-state index is 0.000128. The zero-order valence-electron chi connectivity index (χ0n) is 42.1. The van der Waals surface area contributed by atoms with Crippen LogP contribution in [0.2, 0.25) is 0 Å².